The summed E-state index contributed by atoms with van der Waals surface area (Å²) in [4.78, 5) is 24.4. The molecule has 0 bridgehead atoms. The van der Waals surface area contributed by atoms with Crippen LogP contribution in [0.4, 0.5) is 35.1 Å². The van der Waals surface area contributed by atoms with Crippen LogP contribution in [0.1, 0.15) is 24.3 Å². The van der Waals surface area contributed by atoms with Gasteiger partial charge in [0.1, 0.15) is 22.8 Å². The van der Waals surface area contributed by atoms with E-state index in [2.05, 4.69) is 24.8 Å². The summed E-state index contributed by atoms with van der Waals surface area (Å²) in [6.07, 6.45) is -6.65. The molecule has 0 spiro atoms. The summed E-state index contributed by atoms with van der Waals surface area (Å²) in [5, 5.41) is 4.97. The number of hydrogen-bond donors (Lipinski definition) is 1. The summed E-state index contributed by atoms with van der Waals surface area (Å²) in [5.41, 5.74) is -1.47. The average molecular weight is 615 g/mol. The molecule has 0 aliphatic rings. The highest BCUT2D eigenvalue weighted by atomic mass is 32.2. The second-order valence-corrected chi connectivity index (χ2v) is 10.6. The first-order valence-electron chi connectivity index (χ1n) is 11.3. The Morgan fingerprint density at radius 3 is 2.37 bits per heavy atom. The van der Waals surface area contributed by atoms with E-state index in [0.717, 1.165) is 35.3 Å². The van der Waals surface area contributed by atoms with Gasteiger partial charge in [-0.2, -0.15) is 40.2 Å². The minimum atomic E-state index is -5.91. The van der Waals surface area contributed by atoms with Crippen molar-refractivity contribution in [3.8, 4) is 17.3 Å². The maximum absolute atomic E-state index is 13.4. The number of nitrogens with zero attached hydrogens (tertiary/aromatic N) is 6. The van der Waals surface area contributed by atoms with Gasteiger partial charge >= 0.3 is 18.3 Å². The molecule has 41 heavy (non-hydrogen) atoms. The second kappa shape index (κ2) is 10.1. The smallest absolute Gasteiger partial charge is 0.456 e. The maximum atomic E-state index is 13.4. The number of nitrogens with one attached hydrogen (secondary N) is 1. The molecule has 0 aliphatic heterocycles. The molecule has 1 atom stereocenters. The van der Waals surface area contributed by atoms with Gasteiger partial charge in [-0.3, -0.25) is 9.20 Å². The monoisotopic (exact) mass is 615 g/mol. The predicted molar refractivity (Wildman–Crippen MR) is 122 cm³/mol. The van der Waals surface area contributed by atoms with Crippen LogP contribution in [-0.4, -0.2) is 80.0 Å². The highest BCUT2D eigenvalue weighted by Gasteiger charge is 2.58. The van der Waals surface area contributed by atoms with Crippen molar-refractivity contribution in [3.05, 3.63) is 36.5 Å². The van der Waals surface area contributed by atoms with Crippen LogP contribution in [0.15, 0.2) is 35.9 Å². The molecule has 1 unspecified atom stereocenters. The average Bonchev–Trinajstić information content (AvgIpc) is 3.48. The fourth-order valence-corrected chi connectivity index (χ4v) is 4.41. The molecule has 4 rings (SSSR count). The van der Waals surface area contributed by atoms with Crippen molar-refractivity contribution < 1.29 is 53.1 Å². The minimum absolute atomic E-state index is 0.257. The lowest BCUT2D eigenvalue weighted by molar-refractivity contribution is -0.290. The van der Waals surface area contributed by atoms with E-state index in [9.17, 15) is 48.3 Å². The Morgan fingerprint density at radius 2 is 1.76 bits per heavy atom. The molecule has 0 radical (unpaired) electrons. The van der Waals surface area contributed by atoms with Gasteiger partial charge in [-0.15, -0.1) is 0 Å². The largest absolute Gasteiger partial charge is 0.469 e. The standard InChI is InChI=1S/C21H17F8N7O4S/c1-3-41(38,39)18-13(15-30-5-4-11(36(15)34-18)16(37)33-10(2)20(24,25)26)14-32-8-12-17(31-6-7-35(12)14)40-9-19(22,23)21(27,28)29/h4-8,10H,3,9H2,1-2H3,(H,33,37). The summed E-state index contributed by atoms with van der Waals surface area (Å²) in [7, 11) is -4.24. The lowest BCUT2D eigenvalue weighted by atomic mass is 10.2. The number of carbonyl (C=O) groups excluding carboxylic acids is 1. The molecular weight excluding hydrogens is 598 g/mol. The number of aromatic nitrogens is 6. The Balaban J connectivity index is 1.88. The van der Waals surface area contributed by atoms with Crippen molar-refractivity contribution in [2.75, 3.05) is 12.4 Å². The lowest BCUT2D eigenvalue weighted by Gasteiger charge is -2.19. The molecule has 0 saturated carbocycles. The number of amides is 1. The van der Waals surface area contributed by atoms with Gasteiger partial charge in [0.15, 0.2) is 32.9 Å². The third-order valence-electron chi connectivity index (χ3n) is 5.68. The maximum Gasteiger partial charge on any atom is 0.456 e. The van der Waals surface area contributed by atoms with Gasteiger partial charge in [-0.05, 0) is 13.0 Å². The van der Waals surface area contributed by atoms with E-state index in [1.807, 2.05) is 0 Å². The summed E-state index contributed by atoms with van der Waals surface area (Å²) < 4.78 is 136. The molecule has 0 fully saturated rings. The van der Waals surface area contributed by atoms with Crippen LogP contribution < -0.4 is 10.1 Å². The Hall–Kier alpha value is -4.10. The van der Waals surface area contributed by atoms with Crippen molar-refractivity contribution in [2.45, 2.75) is 43.2 Å². The highest BCUT2D eigenvalue weighted by molar-refractivity contribution is 7.91. The molecule has 0 aromatic carbocycles. The van der Waals surface area contributed by atoms with Gasteiger partial charge in [0.2, 0.25) is 5.88 Å². The molecule has 4 aromatic rings. The van der Waals surface area contributed by atoms with Crippen LogP contribution in [-0.2, 0) is 9.84 Å². The van der Waals surface area contributed by atoms with Crippen molar-refractivity contribution in [1.82, 2.24) is 34.3 Å². The normalized spacial score (nSPS) is 14.0. The van der Waals surface area contributed by atoms with Crippen molar-refractivity contribution in [1.29, 1.82) is 0 Å². The zero-order valence-corrected chi connectivity index (χ0v) is 21.4. The van der Waals surface area contributed by atoms with Crippen LogP contribution >= 0.6 is 0 Å². The van der Waals surface area contributed by atoms with E-state index < -0.39 is 69.0 Å². The van der Waals surface area contributed by atoms with Gasteiger partial charge in [0, 0.05) is 18.6 Å². The third-order valence-corrected chi connectivity index (χ3v) is 7.32. The van der Waals surface area contributed by atoms with Crippen molar-refractivity contribution in [2.24, 2.45) is 0 Å². The molecule has 0 saturated heterocycles. The van der Waals surface area contributed by atoms with E-state index in [4.69, 9.17) is 0 Å². The van der Waals surface area contributed by atoms with E-state index >= 15 is 0 Å². The Labute approximate surface area is 224 Å². The first kappa shape index (κ1) is 29.9. The molecule has 4 heterocycles. The summed E-state index contributed by atoms with van der Waals surface area (Å²) in [6.45, 7) is -0.172. The Bertz CT molecular complexity index is 1730. The number of imidazole rings is 1. The number of halogens is 8. The van der Waals surface area contributed by atoms with Crippen LogP contribution in [0.3, 0.4) is 0 Å². The molecule has 4 aromatic heterocycles. The number of alkyl halides is 8. The van der Waals surface area contributed by atoms with E-state index in [0.29, 0.717) is 11.4 Å². The van der Waals surface area contributed by atoms with Crippen LogP contribution in [0.5, 0.6) is 5.88 Å². The number of rotatable bonds is 8. The Kier molecular flexibility index (Phi) is 7.34. The first-order chi connectivity index (χ1) is 18.9. The van der Waals surface area contributed by atoms with Crippen LogP contribution in [0.2, 0.25) is 0 Å². The van der Waals surface area contributed by atoms with Crippen LogP contribution in [0, 0.1) is 0 Å². The van der Waals surface area contributed by atoms with E-state index in [1.54, 1.807) is 5.32 Å². The number of hydrogen-bond acceptors (Lipinski definition) is 8. The highest BCUT2D eigenvalue weighted by Crippen LogP contribution is 2.37. The topological polar surface area (TPSA) is 133 Å². The van der Waals surface area contributed by atoms with E-state index in [-0.39, 0.29) is 22.6 Å². The van der Waals surface area contributed by atoms with Gasteiger partial charge in [-0.25, -0.2) is 27.9 Å². The third kappa shape index (κ3) is 5.46. The molecule has 20 heteroatoms. The van der Waals surface area contributed by atoms with Gasteiger partial charge in [-0.1, -0.05) is 6.92 Å². The molecule has 222 valence electrons. The molecule has 0 aliphatic carbocycles. The second-order valence-electron chi connectivity index (χ2n) is 8.45. The Morgan fingerprint density at radius 1 is 1.07 bits per heavy atom. The minimum Gasteiger partial charge on any atom is -0.469 e. The van der Waals surface area contributed by atoms with Crippen molar-refractivity contribution >= 4 is 26.9 Å². The quantitative estimate of drug-likeness (QED) is 0.298. The number of fused-ring (bicyclic) bond motifs is 2. The van der Waals surface area contributed by atoms with Crippen LogP contribution in [0.25, 0.3) is 22.6 Å². The van der Waals surface area contributed by atoms with E-state index in [1.165, 1.54) is 6.92 Å². The van der Waals surface area contributed by atoms with Gasteiger partial charge in [0.25, 0.3) is 5.91 Å². The number of ether oxygens (including phenoxy) is 1. The molecule has 1 amide bonds. The number of sulfone groups is 1. The molecular formula is C21H17F8N7O4S. The fraction of sp³-hybridized carbons (Fsp3) is 0.381. The summed E-state index contributed by atoms with van der Waals surface area (Å²) >= 11 is 0. The molecule has 11 nitrogen and oxygen atoms in total. The molecule has 1 N–H and O–H groups in total. The zero-order valence-electron chi connectivity index (χ0n) is 20.6. The van der Waals surface area contributed by atoms with Gasteiger partial charge in [0.05, 0.1) is 11.9 Å². The lowest BCUT2D eigenvalue weighted by Crippen LogP contribution is -2.43. The SMILES string of the molecule is CCS(=O)(=O)c1nn2c(C(=O)NC(C)C(F)(F)F)ccnc2c1-c1ncc2c(OCC(F)(F)C(F)(F)F)nccn12. The fourth-order valence-electron chi connectivity index (χ4n) is 3.44. The first-order valence-corrected chi connectivity index (χ1v) is 12.9. The van der Waals surface area contributed by atoms with Gasteiger partial charge < -0.3 is 10.1 Å². The zero-order chi connectivity index (χ0) is 30.5. The summed E-state index contributed by atoms with van der Waals surface area (Å²) in [5.74, 6) is -8.01. The van der Waals surface area contributed by atoms with Crippen molar-refractivity contribution in [3.63, 3.8) is 0 Å². The number of carbonyl (C=O) groups is 1. The predicted octanol–water partition coefficient (Wildman–Crippen LogP) is 3.49. The summed E-state index contributed by atoms with van der Waals surface area (Å²) in [6, 6.07) is -1.29.